The number of amides is 4. The number of thiol groups is 1. The number of carboxylic acids is 1. The van der Waals surface area contributed by atoms with Gasteiger partial charge in [0.1, 0.15) is 18.1 Å². The highest BCUT2D eigenvalue weighted by Gasteiger charge is 2.32. The van der Waals surface area contributed by atoms with Crippen LogP contribution in [0.15, 0.2) is 30.5 Å². The van der Waals surface area contributed by atoms with Crippen molar-refractivity contribution in [2.45, 2.75) is 57.3 Å². The third-order valence-corrected chi connectivity index (χ3v) is 6.49. The summed E-state index contributed by atoms with van der Waals surface area (Å²) in [7, 11) is 0. The maximum Gasteiger partial charge on any atom is 0.327 e. The number of carboxylic acid groups (broad SMARTS) is 1. The van der Waals surface area contributed by atoms with Gasteiger partial charge in [-0.1, -0.05) is 38.5 Å². The lowest BCUT2D eigenvalue weighted by Crippen LogP contribution is -2.58. The first kappa shape index (κ1) is 29.6. The van der Waals surface area contributed by atoms with Crippen LogP contribution < -0.4 is 27.4 Å². The van der Waals surface area contributed by atoms with Crippen LogP contribution in [-0.4, -0.2) is 69.6 Å². The molecule has 37 heavy (non-hydrogen) atoms. The highest BCUT2D eigenvalue weighted by Crippen LogP contribution is 2.19. The number of fused-ring (bicyclic) bond motifs is 1. The summed E-state index contributed by atoms with van der Waals surface area (Å²) in [6.45, 7) is 3.63. The van der Waals surface area contributed by atoms with Gasteiger partial charge in [0.2, 0.25) is 23.6 Å². The van der Waals surface area contributed by atoms with E-state index in [0.29, 0.717) is 12.0 Å². The molecular formula is C24H34N6O6S. The van der Waals surface area contributed by atoms with E-state index in [0.717, 1.165) is 10.9 Å². The first-order valence-electron chi connectivity index (χ1n) is 11.8. The number of nitrogens with two attached hydrogens (primary N) is 2. The predicted molar refractivity (Wildman–Crippen MR) is 141 cm³/mol. The van der Waals surface area contributed by atoms with Gasteiger partial charge in [-0.05, 0) is 17.5 Å². The minimum Gasteiger partial charge on any atom is -0.480 e. The largest absolute Gasteiger partial charge is 0.480 e. The van der Waals surface area contributed by atoms with Crippen LogP contribution in [0.4, 0.5) is 0 Å². The van der Waals surface area contributed by atoms with E-state index in [2.05, 4.69) is 33.6 Å². The van der Waals surface area contributed by atoms with E-state index in [-0.39, 0.29) is 18.1 Å². The first-order chi connectivity index (χ1) is 17.5. The van der Waals surface area contributed by atoms with Crippen LogP contribution in [0.25, 0.3) is 10.9 Å². The number of carbonyl (C=O) groups is 5. The Bertz CT molecular complexity index is 1140. The quantitative estimate of drug-likeness (QED) is 0.148. The number of aliphatic carboxylic acids is 1. The molecule has 1 aromatic heterocycles. The van der Waals surface area contributed by atoms with Crippen molar-refractivity contribution in [3.63, 3.8) is 0 Å². The number of aromatic nitrogens is 1. The topological polar surface area (TPSA) is 209 Å². The molecule has 0 saturated heterocycles. The number of hydrogen-bond donors (Lipinski definition) is 8. The maximum absolute atomic E-state index is 13.2. The minimum absolute atomic E-state index is 0.00980. The lowest BCUT2D eigenvalue weighted by atomic mass is 9.98. The van der Waals surface area contributed by atoms with Gasteiger partial charge in [-0.3, -0.25) is 19.2 Å². The number of para-hydroxylation sites is 1. The van der Waals surface area contributed by atoms with E-state index < -0.39 is 60.2 Å². The third kappa shape index (κ3) is 8.22. The summed E-state index contributed by atoms with van der Waals surface area (Å²) in [5, 5.41) is 17.5. The lowest BCUT2D eigenvalue weighted by Gasteiger charge is -2.25. The number of hydrogen-bond acceptors (Lipinski definition) is 7. The smallest absolute Gasteiger partial charge is 0.327 e. The number of rotatable bonds is 14. The molecule has 0 aliphatic heterocycles. The average molecular weight is 535 g/mol. The van der Waals surface area contributed by atoms with Gasteiger partial charge in [-0.2, -0.15) is 12.6 Å². The van der Waals surface area contributed by atoms with Crippen LogP contribution in [0.5, 0.6) is 0 Å². The Labute approximate surface area is 219 Å². The minimum atomic E-state index is -1.39. The highest BCUT2D eigenvalue weighted by molar-refractivity contribution is 7.80. The standard InChI is InChI=1S/C24H34N6O6S/c1-3-12(2)20(26)23(34)29-17(9-19(25)31)22(33)28-16(21(32)30-18(11-37)24(35)36)8-13-10-27-15-7-5-4-6-14(13)15/h4-7,10,12,16-18,20,27,37H,3,8-9,11,26H2,1-2H3,(H2,25,31)(H,28,33)(H,29,34)(H,30,32)(H,35,36). The molecule has 2 rings (SSSR count). The van der Waals surface area contributed by atoms with Crippen molar-refractivity contribution in [2.24, 2.45) is 17.4 Å². The Morgan fingerprint density at radius 2 is 1.59 bits per heavy atom. The van der Waals surface area contributed by atoms with Gasteiger partial charge in [-0.25, -0.2) is 4.79 Å². The predicted octanol–water partition coefficient (Wildman–Crippen LogP) is -0.572. The fourth-order valence-corrected chi connectivity index (χ4v) is 3.90. The van der Waals surface area contributed by atoms with Crippen molar-refractivity contribution in [1.82, 2.24) is 20.9 Å². The van der Waals surface area contributed by atoms with E-state index in [1.807, 2.05) is 31.2 Å². The second-order valence-corrected chi connectivity index (χ2v) is 9.21. The number of aromatic amines is 1. The van der Waals surface area contributed by atoms with Gasteiger partial charge in [-0.15, -0.1) is 0 Å². The monoisotopic (exact) mass is 534 g/mol. The Balaban J connectivity index is 2.31. The first-order valence-corrected chi connectivity index (χ1v) is 12.4. The van der Waals surface area contributed by atoms with Crippen LogP contribution >= 0.6 is 12.6 Å². The number of H-pyrrole nitrogens is 1. The van der Waals surface area contributed by atoms with Gasteiger partial charge in [0, 0.05) is 29.3 Å². The molecule has 2 aromatic rings. The van der Waals surface area contributed by atoms with Crippen molar-refractivity contribution in [3.8, 4) is 0 Å². The van der Waals surface area contributed by atoms with Crippen molar-refractivity contribution >= 4 is 53.1 Å². The van der Waals surface area contributed by atoms with Gasteiger partial charge < -0.3 is 37.5 Å². The normalized spacial score (nSPS) is 15.1. The van der Waals surface area contributed by atoms with E-state index in [4.69, 9.17) is 11.5 Å². The van der Waals surface area contributed by atoms with Gasteiger partial charge >= 0.3 is 5.97 Å². The highest BCUT2D eigenvalue weighted by atomic mass is 32.1. The van der Waals surface area contributed by atoms with Gasteiger partial charge in [0.05, 0.1) is 12.5 Å². The summed E-state index contributed by atoms with van der Waals surface area (Å²) < 4.78 is 0. The summed E-state index contributed by atoms with van der Waals surface area (Å²) in [5.41, 5.74) is 12.7. The molecule has 5 unspecified atom stereocenters. The molecule has 9 N–H and O–H groups in total. The molecule has 0 radical (unpaired) electrons. The van der Waals surface area contributed by atoms with Crippen molar-refractivity contribution in [1.29, 1.82) is 0 Å². The molecule has 5 atom stereocenters. The number of benzene rings is 1. The molecule has 0 saturated carbocycles. The van der Waals surface area contributed by atoms with Crippen LogP contribution in [-0.2, 0) is 30.4 Å². The fraction of sp³-hybridized carbons (Fsp3) is 0.458. The summed E-state index contributed by atoms with van der Waals surface area (Å²) in [5.74, 6) is -4.78. The lowest BCUT2D eigenvalue weighted by molar-refractivity contribution is -0.141. The van der Waals surface area contributed by atoms with Crippen LogP contribution in [0, 0.1) is 5.92 Å². The molecule has 202 valence electrons. The number of primary amides is 1. The van der Waals surface area contributed by atoms with Crippen molar-refractivity contribution in [3.05, 3.63) is 36.0 Å². The maximum atomic E-state index is 13.2. The van der Waals surface area contributed by atoms with Gasteiger partial charge in [0.25, 0.3) is 0 Å². The summed E-state index contributed by atoms with van der Waals surface area (Å²) in [4.78, 5) is 65.0. The zero-order valence-corrected chi connectivity index (χ0v) is 21.6. The zero-order valence-electron chi connectivity index (χ0n) is 20.7. The van der Waals surface area contributed by atoms with E-state index in [1.54, 1.807) is 13.1 Å². The molecule has 1 heterocycles. The molecule has 0 aliphatic rings. The van der Waals surface area contributed by atoms with E-state index in [1.165, 1.54) is 0 Å². The third-order valence-electron chi connectivity index (χ3n) is 6.13. The number of nitrogens with one attached hydrogen (secondary N) is 4. The second-order valence-electron chi connectivity index (χ2n) is 8.85. The summed E-state index contributed by atoms with van der Waals surface area (Å²) >= 11 is 3.96. The van der Waals surface area contributed by atoms with Crippen molar-refractivity contribution in [2.75, 3.05) is 5.75 Å². The second kappa shape index (κ2) is 13.7. The fourth-order valence-electron chi connectivity index (χ4n) is 3.65. The van der Waals surface area contributed by atoms with E-state index in [9.17, 15) is 29.1 Å². The van der Waals surface area contributed by atoms with E-state index >= 15 is 0 Å². The molecule has 0 aliphatic carbocycles. The Morgan fingerprint density at radius 1 is 1.00 bits per heavy atom. The van der Waals surface area contributed by atoms with Crippen LogP contribution in [0.2, 0.25) is 0 Å². The summed E-state index contributed by atoms with van der Waals surface area (Å²) in [6, 6.07) is 2.46. The Hall–Kier alpha value is -3.58. The average Bonchev–Trinajstić information content (AvgIpc) is 3.27. The zero-order chi connectivity index (χ0) is 27.7. The SMILES string of the molecule is CCC(C)C(N)C(=O)NC(CC(N)=O)C(=O)NC(Cc1c[nH]c2ccccc12)C(=O)NC(CS)C(=O)O. The Morgan fingerprint density at radius 3 is 2.19 bits per heavy atom. The number of carbonyl (C=O) groups excluding carboxylic acids is 4. The van der Waals surface area contributed by atoms with Gasteiger partial charge in [0.15, 0.2) is 0 Å². The molecular weight excluding hydrogens is 500 g/mol. The van der Waals surface area contributed by atoms with Crippen LogP contribution in [0.3, 0.4) is 0 Å². The molecule has 0 spiro atoms. The van der Waals surface area contributed by atoms with Crippen molar-refractivity contribution < 1.29 is 29.1 Å². The van der Waals surface area contributed by atoms with Crippen LogP contribution in [0.1, 0.15) is 32.3 Å². The summed E-state index contributed by atoms with van der Waals surface area (Å²) in [6.07, 6.45) is 1.76. The molecule has 4 amide bonds. The molecule has 0 fully saturated rings. The molecule has 13 heteroatoms. The molecule has 12 nitrogen and oxygen atoms in total. The molecule has 0 bridgehead atoms. The molecule has 1 aromatic carbocycles. The Kier molecular flexibility index (Phi) is 10.9.